The Labute approximate surface area is 290 Å². The molecule has 0 radical (unpaired) electrons. The van der Waals surface area contributed by atoms with Gasteiger partial charge in [-0.25, -0.2) is 20.4 Å². The van der Waals surface area contributed by atoms with Gasteiger partial charge in [0.25, 0.3) is 0 Å². The lowest BCUT2D eigenvalue weighted by molar-refractivity contribution is -0.126. The van der Waals surface area contributed by atoms with E-state index < -0.39 is 23.8 Å². The molecule has 0 aliphatic carbocycles. The molecular formula is C32H22Br2Cl2N4O6. The predicted octanol–water partition coefficient (Wildman–Crippen LogP) is 7.34. The third-order valence-electron chi connectivity index (χ3n) is 5.87. The zero-order valence-corrected chi connectivity index (χ0v) is 28.2. The molecule has 0 aliphatic rings. The van der Waals surface area contributed by atoms with Crippen molar-refractivity contribution in [3.8, 4) is 11.5 Å². The summed E-state index contributed by atoms with van der Waals surface area (Å²) in [6.45, 7) is 0. The second-order valence-corrected chi connectivity index (χ2v) is 11.9. The van der Waals surface area contributed by atoms with Crippen LogP contribution in [0.3, 0.4) is 0 Å². The number of carbonyl (C=O) groups excluding carboxylic acids is 4. The molecule has 0 heterocycles. The molecule has 4 aromatic rings. The second-order valence-electron chi connectivity index (χ2n) is 9.24. The van der Waals surface area contributed by atoms with Crippen LogP contribution in [0, 0.1) is 0 Å². The Morgan fingerprint density at radius 2 is 0.978 bits per heavy atom. The lowest BCUT2D eigenvalue weighted by Crippen LogP contribution is -2.23. The minimum Gasteiger partial charge on any atom is -0.422 e. The first-order chi connectivity index (χ1) is 22.1. The van der Waals surface area contributed by atoms with Crippen molar-refractivity contribution in [1.29, 1.82) is 0 Å². The number of nitrogens with zero attached hydrogens (tertiary/aromatic N) is 2. The van der Waals surface area contributed by atoms with Crippen LogP contribution >= 0.6 is 55.1 Å². The van der Waals surface area contributed by atoms with Gasteiger partial charge in [-0.05, 0) is 84.9 Å². The van der Waals surface area contributed by atoms with Gasteiger partial charge >= 0.3 is 11.9 Å². The van der Waals surface area contributed by atoms with E-state index in [1.54, 1.807) is 60.7 Å². The van der Waals surface area contributed by atoms with Crippen molar-refractivity contribution in [2.45, 2.75) is 12.8 Å². The van der Waals surface area contributed by atoms with E-state index in [0.29, 0.717) is 41.2 Å². The number of benzene rings is 4. The predicted molar refractivity (Wildman–Crippen MR) is 182 cm³/mol. The number of amides is 2. The van der Waals surface area contributed by atoms with Gasteiger partial charge in [-0.2, -0.15) is 10.2 Å². The fraction of sp³-hybridized carbons (Fsp3) is 0.0625. The maximum Gasteiger partial charge on any atom is 0.343 e. The van der Waals surface area contributed by atoms with E-state index in [-0.39, 0.29) is 24.3 Å². The summed E-state index contributed by atoms with van der Waals surface area (Å²) in [6.07, 6.45) is 2.26. The first kappa shape index (κ1) is 34.5. The van der Waals surface area contributed by atoms with Gasteiger partial charge in [0.05, 0.1) is 23.6 Å². The first-order valence-electron chi connectivity index (χ1n) is 13.3. The number of halogens is 4. The largest absolute Gasteiger partial charge is 0.422 e. The Kier molecular flexibility index (Phi) is 12.6. The molecule has 0 aromatic heterocycles. The van der Waals surface area contributed by atoms with Crippen molar-refractivity contribution < 1.29 is 28.7 Å². The fourth-order valence-electron chi connectivity index (χ4n) is 3.60. The average Bonchev–Trinajstić information content (AvgIpc) is 3.03. The van der Waals surface area contributed by atoms with Crippen LogP contribution in [0.1, 0.15) is 44.7 Å². The highest BCUT2D eigenvalue weighted by atomic mass is 79.9. The van der Waals surface area contributed by atoms with Crippen LogP contribution in [-0.4, -0.2) is 36.2 Å². The van der Waals surface area contributed by atoms with Gasteiger partial charge in [0.1, 0.15) is 11.5 Å². The van der Waals surface area contributed by atoms with Crippen molar-refractivity contribution >= 4 is 91.2 Å². The van der Waals surface area contributed by atoms with E-state index >= 15 is 0 Å². The molecule has 0 spiro atoms. The van der Waals surface area contributed by atoms with Crippen LogP contribution in [0.5, 0.6) is 11.5 Å². The third kappa shape index (κ3) is 10.6. The molecule has 4 aromatic carbocycles. The van der Waals surface area contributed by atoms with E-state index in [9.17, 15) is 19.2 Å². The summed E-state index contributed by atoms with van der Waals surface area (Å²) in [7, 11) is 0. The molecule has 10 nitrogen and oxygen atoms in total. The monoisotopic (exact) mass is 786 g/mol. The van der Waals surface area contributed by atoms with Crippen molar-refractivity contribution in [2.24, 2.45) is 10.2 Å². The number of nitrogens with one attached hydrogen (secondary N) is 2. The Balaban J connectivity index is 1.27. The molecular weight excluding hydrogens is 767 g/mol. The van der Waals surface area contributed by atoms with E-state index in [1.807, 2.05) is 0 Å². The number of rotatable bonds is 11. The third-order valence-corrected chi connectivity index (χ3v) is 7.36. The molecule has 0 saturated heterocycles. The topological polar surface area (TPSA) is 136 Å². The van der Waals surface area contributed by atoms with Gasteiger partial charge in [-0.3, -0.25) is 9.59 Å². The van der Waals surface area contributed by atoms with Crippen LogP contribution in [0.15, 0.2) is 104 Å². The minimum absolute atomic E-state index is 0.184. The van der Waals surface area contributed by atoms with Crippen molar-refractivity contribution in [3.63, 3.8) is 0 Å². The Morgan fingerprint density at radius 3 is 1.35 bits per heavy atom. The molecule has 4 rings (SSSR count). The zero-order valence-electron chi connectivity index (χ0n) is 23.5. The number of esters is 2. The number of ether oxygens (including phenoxy) is 2. The summed E-state index contributed by atoms with van der Waals surface area (Å²) in [4.78, 5) is 49.6. The highest BCUT2D eigenvalue weighted by molar-refractivity contribution is 9.10. The normalized spacial score (nSPS) is 11.0. The molecule has 234 valence electrons. The summed E-state index contributed by atoms with van der Waals surface area (Å²) in [5.74, 6) is -1.83. The summed E-state index contributed by atoms with van der Waals surface area (Å²) in [6, 6.07) is 22.3. The zero-order chi connectivity index (χ0) is 33.1. The van der Waals surface area contributed by atoms with Crippen molar-refractivity contribution in [3.05, 3.63) is 126 Å². The van der Waals surface area contributed by atoms with Gasteiger partial charge in [-0.15, -0.1) is 0 Å². The maximum atomic E-state index is 12.5. The molecule has 2 amide bonds. The Morgan fingerprint density at radius 1 is 0.609 bits per heavy atom. The van der Waals surface area contributed by atoms with Crippen LogP contribution in [0.25, 0.3) is 0 Å². The average molecular weight is 789 g/mol. The molecule has 46 heavy (non-hydrogen) atoms. The van der Waals surface area contributed by atoms with Crippen LogP contribution < -0.4 is 20.3 Å². The SMILES string of the molecule is O=C(CCC(=O)NN=Cc1cc(Br)ccc1OC(=O)c1ccc(Cl)cc1)NN=Cc1cc(Br)ccc1OC(=O)c1ccc(Cl)cc1. The number of hydrogen-bond donors (Lipinski definition) is 2. The molecule has 0 fully saturated rings. The lowest BCUT2D eigenvalue weighted by Gasteiger charge is -2.08. The van der Waals surface area contributed by atoms with Gasteiger partial charge < -0.3 is 9.47 Å². The summed E-state index contributed by atoms with van der Waals surface area (Å²) < 4.78 is 12.4. The molecule has 0 atom stereocenters. The van der Waals surface area contributed by atoms with E-state index in [2.05, 4.69) is 52.9 Å². The Bertz CT molecular complexity index is 1680. The fourth-order valence-corrected chi connectivity index (χ4v) is 4.61. The second kappa shape index (κ2) is 16.8. The molecule has 14 heteroatoms. The quantitative estimate of drug-likeness (QED) is 0.0707. The van der Waals surface area contributed by atoms with Gasteiger partial charge in [0.15, 0.2) is 0 Å². The smallest absolute Gasteiger partial charge is 0.343 e. The molecule has 0 aliphatic heterocycles. The minimum atomic E-state index is -0.596. The van der Waals surface area contributed by atoms with E-state index in [4.69, 9.17) is 32.7 Å². The van der Waals surface area contributed by atoms with Gasteiger partial charge in [-0.1, -0.05) is 55.1 Å². The van der Waals surface area contributed by atoms with Crippen LogP contribution in [-0.2, 0) is 9.59 Å². The number of hydrazone groups is 2. The number of hydrogen-bond acceptors (Lipinski definition) is 8. The molecule has 0 unspecified atom stereocenters. The molecule has 0 bridgehead atoms. The van der Waals surface area contributed by atoms with E-state index in [0.717, 1.165) is 0 Å². The molecule has 0 saturated carbocycles. The van der Waals surface area contributed by atoms with Crippen molar-refractivity contribution in [1.82, 2.24) is 10.9 Å². The summed E-state index contributed by atoms with van der Waals surface area (Å²) >= 11 is 18.5. The Hall–Kier alpha value is -4.36. The highest BCUT2D eigenvalue weighted by Crippen LogP contribution is 2.24. The molecule has 2 N–H and O–H groups in total. The highest BCUT2D eigenvalue weighted by Gasteiger charge is 2.14. The van der Waals surface area contributed by atoms with Crippen LogP contribution in [0.4, 0.5) is 0 Å². The summed E-state index contributed by atoms with van der Waals surface area (Å²) in [5.41, 5.74) is 6.11. The number of carbonyl (C=O) groups is 4. The first-order valence-corrected chi connectivity index (χ1v) is 15.6. The van der Waals surface area contributed by atoms with Gasteiger partial charge in [0.2, 0.25) is 11.8 Å². The van der Waals surface area contributed by atoms with E-state index in [1.165, 1.54) is 36.7 Å². The van der Waals surface area contributed by atoms with Gasteiger partial charge in [0, 0.05) is 43.0 Å². The van der Waals surface area contributed by atoms with Crippen molar-refractivity contribution in [2.75, 3.05) is 0 Å². The standard InChI is InChI=1S/C32H22Br2Cl2N4O6/c33-23-5-11-27(45-31(43)19-1-7-25(35)8-2-19)21(15-23)17-37-39-29(41)13-14-30(42)40-38-18-22-16-24(34)6-12-28(22)46-32(44)20-3-9-26(36)10-4-20/h1-12,15-18H,13-14H2,(H,39,41)(H,40,42). The summed E-state index contributed by atoms with van der Waals surface area (Å²) in [5, 5.41) is 8.80. The maximum absolute atomic E-state index is 12.5. The lowest BCUT2D eigenvalue weighted by atomic mass is 10.2. The van der Waals surface area contributed by atoms with Crippen LogP contribution in [0.2, 0.25) is 10.0 Å².